The Morgan fingerprint density at radius 1 is 1.28 bits per heavy atom. The highest BCUT2D eigenvalue weighted by molar-refractivity contribution is 5.91. The lowest BCUT2D eigenvalue weighted by Gasteiger charge is -2.00. The van der Waals surface area contributed by atoms with E-state index in [0.29, 0.717) is 13.0 Å². The number of rotatable bonds is 6. The van der Waals surface area contributed by atoms with Crippen molar-refractivity contribution in [3.05, 3.63) is 65.7 Å². The minimum absolute atomic E-state index is 0.206. The molecule has 1 aromatic heterocycles. The number of carbonyl (C=O) groups is 1. The predicted octanol–water partition coefficient (Wildman–Crippen LogP) is 3.08. The van der Waals surface area contributed by atoms with E-state index in [9.17, 15) is 9.18 Å². The van der Waals surface area contributed by atoms with Crippen LogP contribution in [-0.2, 0) is 11.2 Å². The molecule has 25 heavy (non-hydrogen) atoms. The molecule has 0 atom stereocenters. The molecule has 0 radical (unpaired) electrons. The lowest BCUT2D eigenvalue weighted by atomic mass is 10.2. The molecule has 6 heteroatoms. The van der Waals surface area contributed by atoms with Gasteiger partial charge in [-0.3, -0.25) is 4.79 Å². The monoisotopic (exact) mass is 339 g/mol. The van der Waals surface area contributed by atoms with Crippen molar-refractivity contribution in [2.75, 3.05) is 13.7 Å². The Morgan fingerprint density at radius 2 is 2.08 bits per heavy atom. The smallest absolute Gasteiger partial charge is 0.244 e. The summed E-state index contributed by atoms with van der Waals surface area (Å²) in [6, 6.07) is 11.6. The molecule has 2 N–H and O–H groups in total. The number of imidazole rings is 1. The van der Waals surface area contributed by atoms with E-state index in [4.69, 9.17) is 4.74 Å². The molecule has 0 spiro atoms. The molecule has 3 aromatic rings. The largest absolute Gasteiger partial charge is 0.497 e. The second-order valence-corrected chi connectivity index (χ2v) is 5.49. The molecule has 1 amide bonds. The fraction of sp³-hybridized carbons (Fsp3) is 0.158. The van der Waals surface area contributed by atoms with Crippen LogP contribution in [0.4, 0.5) is 4.39 Å². The number of ether oxygens (including phenoxy) is 1. The Morgan fingerprint density at radius 3 is 2.84 bits per heavy atom. The Kier molecular flexibility index (Phi) is 5.09. The quantitative estimate of drug-likeness (QED) is 0.678. The number of carbonyl (C=O) groups excluding carboxylic acids is 1. The van der Waals surface area contributed by atoms with E-state index < -0.39 is 0 Å². The van der Waals surface area contributed by atoms with Gasteiger partial charge in [-0.25, -0.2) is 9.37 Å². The van der Waals surface area contributed by atoms with Crippen molar-refractivity contribution in [1.29, 1.82) is 0 Å². The molecule has 0 aliphatic carbocycles. The summed E-state index contributed by atoms with van der Waals surface area (Å²) in [4.78, 5) is 19.5. The summed E-state index contributed by atoms with van der Waals surface area (Å²) in [7, 11) is 1.62. The molecule has 0 fully saturated rings. The molecule has 1 heterocycles. The number of halogens is 1. The average Bonchev–Trinajstić information content (AvgIpc) is 3.03. The number of hydrogen-bond acceptors (Lipinski definition) is 3. The first-order valence-electron chi connectivity index (χ1n) is 7.88. The molecule has 0 saturated heterocycles. The molecule has 0 saturated carbocycles. The Labute approximate surface area is 144 Å². The first-order chi connectivity index (χ1) is 12.1. The fourth-order valence-electron chi connectivity index (χ4n) is 2.40. The van der Waals surface area contributed by atoms with Crippen LogP contribution in [0.25, 0.3) is 17.1 Å². The molecular formula is C19H18FN3O2. The molecule has 128 valence electrons. The molecule has 5 nitrogen and oxygen atoms in total. The standard InChI is InChI=1S/C19H18FN3O2/c1-25-15-7-8-16-17(12-15)23-18(22-16)10-11-21-19(24)9-4-13-2-5-14(20)6-3-13/h2-9,12H,10-11H2,1H3,(H,21,24)(H,22,23)/b9-4+. The molecule has 2 aromatic carbocycles. The summed E-state index contributed by atoms with van der Waals surface area (Å²) in [5, 5.41) is 2.80. The molecule has 0 aliphatic rings. The van der Waals surface area contributed by atoms with Gasteiger partial charge in [-0.05, 0) is 35.9 Å². The van der Waals surface area contributed by atoms with Crippen molar-refractivity contribution < 1.29 is 13.9 Å². The van der Waals surface area contributed by atoms with Gasteiger partial charge in [0.15, 0.2) is 0 Å². The number of hydrogen-bond donors (Lipinski definition) is 2. The summed E-state index contributed by atoms with van der Waals surface area (Å²) in [6.45, 7) is 0.462. The number of amides is 1. The van der Waals surface area contributed by atoms with E-state index in [2.05, 4.69) is 15.3 Å². The molecule has 0 aliphatic heterocycles. The lowest BCUT2D eigenvalue weighted by Crippen LogP contribution is -2.23. The van der Waals surface area contributed by atoms with Gasteiger partial charge in [-0.1, -0.05) is 12.1 Å². The van der Waals surface area contributed by atoms with Crippen LogP contribution in [0.2, 0.25) is 0 Å². The zero-order valence-electron chi connectivity index (χ0n) is 13.8. The number of H-pyrrole nitrogens is 1. The fourth-order valence-corrected chi connectivity index (χ4v) is 2.40. The van der Waals surface area contributed by atoms with Crippen molar-refractivity contribution in [1.82, 2.24) is 15.3 Å². The van der Waals surface area contributed by atoms with Crippen LogP contribution < -0.4 is 10.1 Å². The van der Waals surface area contributed by atoms with Crippen LogP contribution >= 0.6 is 0 Å². The van der Waals surface area contributed by atoms with E-state index in [1.54, 1.807) is 25.3 Å². The zero-order chi connectivity index (χ0) is 17.6. The van der Waals surface area contributed by atoms with Crippen LogP contribution in [0, 0.1) is 5.82 Å². The van der Waals surface area contributed by atoms with Gasteiger partial charge in [0.05, 0.1) is 18.1 Å². The Bertz CT molecular complexity index is 901. The molecule has 3 rings (SSSR count). The van der Waals surface area contributed by atoms with Crippen molar-refractivity contribution >= 4 is 23.0 Å². The third-order valence-electron chi connectivity index (χ3n) is 3.70. The number of benzene rings is 2. The van der Waals surface area contributed by atoms with Crippen molar-refractivity contribution in [3.8, 4) is 5.75 Å². The first-order valence-corrected chi connectivity index (χ1v) is 7.88. The van der Waals surface area contributed by atoms with E-state index >= 15 is 0 Å². The second kappa shape index (κ2) is 7.61. The minimum atomic E-state index is -0.301. The highest BCUT2D eigenvalue weighted by Gasteiger charge is 2.04. The number of aromatic nitrogens is 2. The topological polar surface area (TPSA) is 67.0 Å². The minimum Gasteiger partial charge on any atom is -0.497 e. The van der Waals surface area contributed by atoms with Crippen molar-refractivity contribution in [2.45, 2.75) is 6.42 Å². The second-order valence-electron chi connectivity index (χ2n) is 5.49. The van der Waals surface area contributed by atoms with Gasteiger partial charge in [0.1, 0.15) is 17.4 Å². The molecule has 0 unspecified atom stereocenters. The van der Waals surface area contributed by atoms with Crippen LogP contribution in [0.3, 0.4) is 0 Å². The van der Waals surface area contributed by atoms with E-state index in [-0.39, 0.29) is 11.7 Å². The maximum atomic E-state index is 12.8. The summed E-state index contributed by atoms with van der Waals surface area (Å²) in [6.07, 6.45) is 3.66. The highest BCUT2D eigenvalue weighted by atomic mass is 19.1. The Hall–Kier alpha value is -3.15. The predicted molar refractivity (Wildman–Crippen MR) is 94.8 cm³/mol. The zero-order valence-corrected chi connectivity index (χ0v) is 13.8. The number of methoxy groups -OCH3 is 1. The van der Waals surface area contributed by atoms with Gasteiger partial charge >= 0.3 is 0 Å². The van der Waals surface area contributed by atoms with Gasteiger partial charge in [0.2, 0.25) is 5.91 Å². The SMILES string of the molecule is COc1ccc2nc(CCNC(=O)/C=C/c3ccc(F)cc3)[nH]c2c1. The molecule has 0 bridgehead atoms. The number of fused-ring (bicyclic) bond motifs is 1. The van der Waals surface area contributed by atoms with Gasteiger partial charge in [-0.2, -0.15) is 0 Å². The van der Waals surface area contributed by atoms with Crippen LogP contribution in [0.1, 0.15) is 11.4 Å². The Balaban J connectivity index is 1.52. The van der Waals surface area contributed by atoms with Crippen LogP contribution in [0.15, 0.2) is 48.5 Å². The van der Waals surface area contributed by atoms with Gasteiger partial charge in [0.25, 0.3) is 0 Å². The van der Waals surface area contributed by atoms with Crippen LogP contribution in [0.5, 0.6) is 5.75 Å². The summed E-state index contributed by atoms with van der Waals surface area (Å²) >= 11 is 0. The van der Waals surface area contributed by atoms with E-state index in [1.807, 2.05) is 18.2 Å². The normalized spacial score (nSPS) is 11.1. The van der Waals surface area contributed by atoms with E-state index in [0.717, 1.165) is 28.2 Å². The average molecular weight is 339 g/mol. The van der Waals surface area contributed by atoms with E-state index in [1.165, 1.54) is 18.2 Å². The number of aromatic amines is 1. The summed E-state index contributed by atoms with van der Waals surface area (Å²) in [5.41, 5.74) is 2.53. The maximum absolute atomic E-state index is 12.8. The number of nitrogens with one attached hydrogen (secondary N) is 2. The van der Waals surface area contributed by atoms with Crippen molar-refractivity contribution in [2.24, 2.45) is 0 Å². The molecular weight excluding hydrogens is 321 g/mol. The van der Waals surface area contributed by atoms with Crippen molar-refractivity contribution in [3.63, 3.8) is 0 Å². The lowest BCUT2D eigenvalue weighted by molar-refractivity contribution is -0.116. The van der Waals surface area contributed by atoms with Gasteiger partial charge in [0, 0.05) is 25.1 Å². The van der Waals surface area contributed by atoms with Gasteiger partial charge in [-0.15, -0.1) is 0 Å². The third-order valence-corrected chi connectivity index (χ3v) is 3.70. The number of nitrogens with zero attached hydrogens (tertiary/aromatic N) is 1. The first kappa shape index (κ1) is 16.7. The van der Waals surface area contributed by atoms with Crippen LogP contribution in [-0.4, -0.2) is 29.5 Å². The summed E-state index contributed by atoms with van der Waals surface area (Å²) in [5.74, 6) is 1.06. The third kappa shape index (κ3) is 4.44. The highest BCUT2D eigenvalue weighted by Crippen LogP contribution is 2.18. The maximum Gasteiger partial charge on any atom is 0.244 e. The van der Waals surface area contributed by atoms with Gasteiger partial charge < -0.3 is 15.0 Å². The summed E-state index contributed by atoms with van der Waals surface area (Å²) < 4.78 is 18.0.